The molecule has 1 saturated heterocycles. The van der Waals surface area contributed by atoms with Gasteiger partial charge >= 0.3 is 5.97 Å². The van der Waals surface area contributed by atoms with Gasteiger partial charge < -0.3 is 10.1 Å². The molecular formula is C19H23ClN2O5S. The molecule has 28 heavy (non-hydrogen) atoms. The number of nitrogens with one attached hydrogen (secondary N) is 1. The molecule has 0 bridgehead atoms. The molecule has 152 valence electrons. The number of rotatable bonds is 5. The summed E-state index contributed by atoms with van der Waals surface area (Å²) in [5.74, 6) is -0.892. The molecule has 1 aromatic carbocycles. The maximum Gasteiger partial charge on any atom is 0.335 e. The van der Waals surface area contributed by atoms with Crippen molar-refractivity contribution in [3.05, 3.63) is 46.0 Å². The van der Waals surface area contributed by atoms with Crippen LogP contribution in [-0.2, 0) is 30.9 Å². The fraction of sp³-hybridized carbons (Fsp3) is 0.474. The Hall–Kier alpha value is -1.90. The number of hydrogen-bond acceptors (Lipinski definition) is 5. The molecule has 1 fully saturated rings. The summed E-state index contributed by atoms with van der Waals surface area (Å²) in [6.07, 6.45) is 0.518. The van der Waals surface area contributed by atoms with Crippen LogP contribution in [0.2, 0.25) is 5.02 Å². The van der Waals surface area contributed by atoms with E-state index in [2.05, 4.69) is 5.32 Å². The molecule has 0 saturated carbocycles. The Morgan fingerprint density at radius 2 is 2.00 bits per heavy atom. The average Bonchev–Trinajstić information content (AvgIpc) is 2.90. The second-order valence-corrected chi connectivity index (χ2v) is 9.69. The quantitative estimate of drug-likeness (QED) is 0.727. The van der Waals surface area contributed by atoms with Crippen LogP contribution >= 0.6 is 11.6 Å². The molecule has 7 nitrogen and oxygen atoms in total. The highest BCUT2D eigenvalue weighted by atomic mass is 35.5. The summed E-state index contributed by atoms with van der Waals surface area (Å²) in [5, 5.41) is 3.40. The van der Waals surface area contributed by atoms with Gasteiger partial charge in [-0.25, -0.2) is 17.5 Å². The van der Waals surface area contributed by atoms with Gasteiger partial charge in [-0.05, 0) is 31.5 Å². The topological polar surface area (TPSA) is 92.8 Å². The number of sulfonamides is 1. The zero-order chi connectivity index (χ0) is 20.5. The molecule has 0 unspecified atom stereocenters. The van der Waals surface area contributed by atoms with Crippen LogP contribution in [0.1, 0.15) is 32.3 Å². The van der Waals surface area contributed by atoms with Crippen molar-refractivity contribution in [2.75, 3.05) is 18.8 Å². The monoisotopic (exact) mass is 426 g/mol. The molecule has 1 N–H and O–H groups in total. The third-order valence-electron chi connectivity index (χ3n) is 5.28. The van der Waals surface area contributed by atoms with Gasteiger partial charge in [-0.1, -0.05) is 23.7 Å². The predicted molar refractivity (Wildman–Crippen MR) is 105 cm³/mol. The van der Waals surface area contributed by atoms with E-state index < -0.39 is 21.6 Å². The number of carbonyl (C=O) groups excluding carboxylic acids is 2. The van der Waals surface area contributed by atoms with Gasteiger partial charge in [0.05, 0.1) is 11.3 Å². The van der Waals surface area contributed by atoms with E-state index in [0.717, 1.165) is 5.56 Å². The average molecular weight is 427 g/mol. The Balaban J connectivity index is 1.76. The lowest BCUT2D eigenvalue weighted by Crippen LogP contribution is -2.50. The number of ether oxygens (including phenoxy) is 1. The normalized spacial score (nSPS) is 19.8. The van der Waals surface area contributed by atoms with E-state index in [1.807, 2.05) is 6.07 Å². The second kappa shape index (κ2) is 7.85. The summed E-state index contributed by atoms with van der Waals surface area (Å²) in [6, 6.07) is 7.13. The van der Waals surface area contributed by atoms with E-state index in [1.54, 1.807) is 32.0 Å². The molecule has 0 radical (unpaired) electrons. The fourth-order valence-corrected chi connectivity index (χ4v) is 5.02. The summed E-state index contributed by atoms with van der Waals surface area (Å²) in [7, 11) is -3.32. The number of amides is 1. The largest absolute Gasteiger partial charge is 0.450 e. The molecule has 2 aliphatic rings. The highest BCUT2D eigenvalue weighted by molar-refractivity contribution is 7.89. The van der Waals surface area contributed by atoms with Gasteiger partial charge in [0.1, 0.15) is 5.60 Å². The molecule has 9 heteroatoms. The first-order chi connectivity index (χ1) is 13.2. The van der Waals surface area contributed by atoms with Crippen molar-refractivity contribution in [3.8, 4) is 0 Å². The smallest absolute Gasteiger partial charge is 0.335 e. The molecule has 0 aromatic heterocycles. The molecule has 0 aliphatic carbocycles. The van der Waals surface area contributed by atoms with Gasteiger partial charge in [0.2, 0.25) is 10.0 Å². The molecule has 1 amide bonds. The summed E-state index contributed by atoms with van der Waals surface area (Å²) < 4.78 is 31.2. The minimum absolute atomic E-state index is 0.0155. The minimum Gasteiger partial charge on any atom is -0.450 e. The Bertz CT molecular complexity index is 933. The first-order valence-corrected chi connectivity index (χ1v) is 11.1. The van der Waals surface area contributed by atoms with Crippen molar-refractivity contribution >= 4 is 33.5 Å². The molecule has 2 heterocycles. The summed E-state index contributed by atoms with van der Waals surface area (Å²) in [6.45, 7) is 3.84. The van der Waals surface area contributed by atoms with Gasteiger partial charge in [0.15, 0.2) is 0 Å². The van der Waals surface area contributed by atoms with E-state index in [4.69, 9.17) is 16.3 Å². The van der Waals surface area contributed by atoms with Crippen LogP contribution < -0.4 is 5.32 Å². The van der Waals surface area contributed by atoms with Crippen LogP contribution in [0.3, 0.4) is 0 Å². The number of halogens is 1. The van der Waals surface area contributed by atoms with E-state index >= 15 is 0 Å². The van der Waals surface area contributed by atoms with Gasteiger partial charge in [-0.15, -0.1) is 0 Å². The summed E-state index contributed by atoms with van der Waals surface area (Å²) >= 11 is 5.97. The van der Waals surface area contributed by atoms with Crippen LogP contribution in [-0.4, -0.2) is 49.0 Å². The van der Waals surface area contributed by atoms with Crippen molar-refractivity contribution in [1.82, 2.24) is 9.62 Å². The van der Waals surface area contributed by atoms with Crippen LogP contribution in [0.25, 0.3) is 0 Å². The van der Waals surface area contributed by atoms with Crippen molar-refractivity contribution in [2.45, 2.75) is 38.8 Å². The van der Waals surface area contributed by atoms with E-state index in [1.165, 1.54) is 4.31 Å². The number of carbonyl (C=O) groups is 2. The van der Waals surface area contributed by atoms with Crippen LogP contribution in [0.15, 0.2) is 35.4 Å². The van der Waals surface area contributed by atoms with E-state index in [0.29, 0.717) is 10.6 Å². The Morgan fingerprint density at radius 1 is 1.32 bits per heavy atom. The van der Waals surface area contributed by atoms with Crippen LogP contribution in [0, 0.1) is 0 Å². The third kappa shape index (κ3) is 3.94. The molecule has 1 spiro atoms. The first kappa shape index (κ1) is 20.8. The molecule has 2 aliphatic heterocycles. The minimum atomic E-state index is -3.32. The predicted octanol–water partition coefficient (Wildman–Crippen LogP) is 2.01. The summed E-state index contributed by atoms with van der Waals surface area (Å²) in [5.41, 5.74) is 0.338. The van der Waals surface area contributed by atoms with E-state index in [-0.39, 0.29) is 49.7 Å². The second-order valence-electron chi connectivity index (χ2n) is 7.00. The lowest BCUT2D eigenvalue weighted by molar-refractivity contribution is -0.150. The van der Waals surface area contributed by atoms with Crippen LogP contribution in [0.5, 0.6) is 0 Å². The van der Waals surface area contributed by atoms with E-state index in [9.17, 15) is 18.0 Å². The fourth-order valence-electron chi connectivity index (χ4n) is 3.70. The number of piperidine rings is 1. The Kier molecular flexibility index (Phi) is 5.84. The van der Waals surface area contributed by atoms with Crippen molar-refractivity contribution in [2.24, 2.45) is 0 Å². The van der Waals surface area contributed by atoms with Gasteiger partial charge in [0.25, 0.3) is 5.91 Å². The maximum atomic E-state index is 12.9. The molecule has 1 aromatic rings. The molecule has 3 rings (SSSR count). The zero-order valence-corrected chi connectivity index (χ0v) is 17.4. The zero-order valence-electron chi connectivity index (χ0n) is 15.8. The van der Waals surface area contributed by atoms with Crippen molar-refractivity contribution in [3.63, 3.8) is 0 Å². The molecule has 0 atom stereocenters. The molecular weight excluding hydrogens is 404 g/mol. The first-order valence-electron chi connectivity index (χ1n) is 9.14. The number of benzene rings is 1. The third-order valence-corrected chi connectivity index (χ3v) is 7.40. The van der Waals surface area contributed by atoms with Crippen molar-refractivity contribution < 1.29 is 22.7 Å². The lowest BCUT2D eigenvalue weighted by atomic mass is 9.83. The van der Waals surface area contributed by atoms with Gasteiger partial charge in [0, 0.05) is 43.1 Å². The Labute approximate surface area is 169 Å². The van der Waals surface area contributed by atoms with Gasteiger partial charge in [-0.3, -0.25) is 4.79 Å². The standard InChI is InChI=1S/C19H23ClN2O5S/c1-3-28(25,26)22-9-7-19(8-10-22)16(13(2)18(24)27-19)17(23)21-12-14-5-4-6-15(20)11-14/h4-6,11H,3,7-10,12H2,1-2H3,(H,21,23). The highest BCUT2D eigenvalue weighted by Gasteiger charge is 2.51. The number of nitrogens with zero attached hydrogens (tertiary/aromatic N) is 1. The SMILES string of the molecule is CCS(=O)(=O)N1CCC2(CC1)OC(=O)C(C)=C2C(=O)NCc1cccc(Cl)c1. The number of hydrogen-bond donors (Lipinski definition) is 1. The van der Waals surface area contributed by atoms with Crippen LogP contribution in [0.4, 0.5) is 0 Å². The van der Waals surface area contributed by atoms with Gasteiger partial charge in [-0.2, -0.15) is 0 Å². The lowest BCUT2D eigenvalue weighted by Gasteiger charge is -2.38. The number of esters is 1. The van der Waals surface area contributed by atoms with Crippen molar-refractivity contribution in [1.29, 1.82) is 0 Å². The highest BCUT2D eigenvalue weighted by Crippen LogP contribution is 2.41. The Morgan fingerprint density at radius 3 is 2.61 bits per heavy atom. The summed E-state index contributed by atoms with van der Waals surface area (Å²) in [4.78, 5) is 25.1. The maximum absolute atomic E-state index is 12.9.